The van der Waals surface area contributed by atoms with Crippen LogP contribution in [0.25, 0.3) is 0 Å². The summed E-state index contributed by atoms with van der Waals surface area (Å²) in [5, 5.41) is -0.625. The van der Waals surface area contributed by atoms with Gasteiger partial charge in [0.2, 0.25) is 0 Å². The average molecular weight is 258 g/mol. The summed E-state index contributed by atoms with van der Waals surface area (Å²) in [6.45, 7) is 1.22. The molecule has 1 fully saturated rings. The molecule has 0 saturated carbocycles. The molecule has 1 aromatic rings. The molecule has 17 heavy (non-hydrogen) atoms. The lowest BCUT2D eigenvalue weighted by atomic mass is 10.3. The van der Waals surface area contributed by atoms with Crippen LogP contribution in [0.15, 0.2) is 12.3 Å². The first-order chi connectivity index (χ1) is 8.20. The summed E-state index contributed by atoms with van der Waals surface area (Å²) < 4.78 is 16.0. The SMILES string of the molecule is COc1cnc(C(=O)Cl)cc1OC1CCOC1. The molecule has 0 aromatic carbocycles. The topological polar surface area (TPSA) is 57.7 Å². The monoisotopic (exact) mass is 257 g/mol. The second-order valence-electron chi connectivity index (χ2n) is 3.60. The Morgan fingerprint density at radius 1 is 1.59 bits per heavy atom. The number of hydrogen-bond donors (Lipinski definition) is 0. The van der Waals surface area contributed by atoms with E-state index < -0.39 is 5.24 Å². The molecule has 0 N–H and O–H groups in total. The Balaban J connectivity index is 2.21. The van der Waals surface area contributed by atoms with E-state index >= 15 is 0 Å². The maximum absolute atomic E-state index is 11.0. The van der Waals surface area contributed by atoms with Gasteiger partial charge in [-0.3, -0.25) is 4.79 Å². The van der Waals surface area contributed by atoms with Gasteiger partial charge >= 0.3 is 0 Å². The number of rotatable bonds is 4. The zero-order chi connectivity index (χ0) is 12.3. The number of carbonyl (C=O) groups excluding carboxylic acids is 1. The molecule has 1 atom stereocenters. The van der Waals surface area contributed by atoms with Gasteiger partial charge < -0.3 is 14.2 Å². The van der Waals surface area contributed by atoms with E-state index in [2.05, 4.69) is 4.98 Å². The molecule has 1 unspecified atom stereocenters. The highest BCUT2D eigenvalue weighted by Gasteiger charge is 2.20. The number of carbonyl (C=O) groups is 1. The number of ether oxygens (including phenoxy) is 3. The lowest BCUT2D eigenvalue weighted by Gasteiger charge is -2.14. The van der Waals surface area contributed by atoms with Crippen molar-refractivity contribution in [3.8, 4) is 11.5 Å². The van der Waals surface area contributed by atoms with Crippen LogP contribution in [-0.4, -0.2) is 36.7 Å². The first-order valence-electron chi connectivity index (χ1n) is 5.19. The summed E-state index contributed by atoms with van der Waals surface area (Å²) in [4.78, 5) is 14.9. The third kappa shape index (κ3) is 2.87. The molecule has 0 bridgehead atoms. The van der Waals surface area contributed by atoms with E-state index in [0.717, 1.165) is 6.42 Å². The number of nitrogens with zero attached hydrogens (tertiary/aromatic N) is 1. The molecule has 2 heterocycles. The minimum atomic E-state index is -0.625. The molecule has 0 amide bonds. The average Bonchev–Trinajstić information content (AvgIpc) is 2.81. The van der Waals surface area contributed by atoms with Crippen molar-refractivity contribution in [3.05, 3.63) is 18.0 Å². The number of aromatic nitrogens is 1. The van der Waals surface area contributed by atoms with Gasteiger partial charge in [-0.15, -0.1) is 0 Å². The summed E-state index contributed by atoms with van der Waals surface area (Å²) in [7, 11) is 1.51. The molecule has 6 heteroatoms. The van der Waals surface area contributed by atoms with Crippen molar-refractivity contribution in [3.63, 3.8) is 0 Å². The van der Waals surface area contributed by atoms with Gasteiger partial charge in [-0.2, -0.15) is 0 Å². The van der Waals surface area contributed by atoms with Crippen molar-refractivity contribution in [2.45, 2.75) is 12.5 Å². The Kier molecular flexibility index (Phi) is 3.81. The van der Waals surface area contributed by atoms with Crippen LogP contribution in [0.1, 0.15) is 16.9 Å². The highest BCUT2D eigenvalue weighted by molar-refractivity contribution is 6.67. The largest absolute Gasteiger partial charge is 0.491 e. The van der Waals surface area contributed by atoms with E-state index in [0.29, 0.717) is 24.7 Å². The number of pyridine rings is 1. The first-order valence-corrected chi connectivity index (χ1v) is 5.56. The van der Waals surface area contributed by atoms with Crippen molar-refractivity contribution in [1.29, 1.82) is 0 Å². The normalized spacial score (nSPS) is 19.1. The molecular formula is C11H12ClNO4. The summed E-state index contributed by atoms with van der Waals surface area (Å²) in [5.74, 6) is 0.931. The lowest BCUT2D eigenvalue weighted by Crippen LogP contribution is -2.16. The fourth-order valence-corrected chi connectivity index (χ4v) is 1.67. The van der Waals surface area contributed by atoms with E-state index in [1.54, 1.807) is 0 Å². The minimum Gasteiger partial charge on any atom is -0.491 e. The molecule has 1 saturated heterocycles. The molecule has 1 aliphatic rings. The van der Waals surface area contributed by atoms with E-state index in [4.69, 9.17) is 25.8 Å². The summed E-state index contributed by atoms with van der Waals surface area (Å²) in [6, 6.07) is 1.48. The first kappa shape index (κ1) is 12.1. The molecule has 0 radical (unpaired) electrons. The summed E-state index contributed by atoms with van der Waals surface area (Å²) >= 11 is 5.36. The minimum absolute atomic E-state index is 0.0235. The van der Waals surface area contributed by atoms with Gasteiger partial charge in [0.25, 0.3) is 5.24 Å². The van der Waals surface area contributed by atoms with Gasteiger partial charge in [-0.1, -0.05) is 0 Å². The Bertz CT molecular complexity index is 418. The molecule has 2 rings (SSSR count). The van der Waals surface area contributed by atoms with E-state index in [1.807, 2.05) is 0 Å². The van der Waals surface area contributed by atoms with Gasteiger partial charge in [0.15, 0.2) is 11.5 Å². The van der Waals surface area contributed by atoms with Crippen LogP contribution in [0.2, 0.25) is 0 Å². The van der Waals surface area contributed by atoms with Gasteiger partial charge in [-0.25, -0.2) is 4.98 Å². The molecule has 1 aromatic heterocycles. The standard InChI is InChI=1S/C11H12ClNO4/c1-15-10-5-13-8(11(12)14)4-9(10)17-7-2-3-16-6-7/h4-5,7H,2-3,6H2,1H3. The number of halogens is 1. The van der Waals surface area contributed by atoms with E-state index in [-0.39, 0.29) is 11.8 Å². The highest BCUT2D eigenvalue weighted by atomic mass is 35.5. The second-order valence-corrected chi connectivity index (χ2v) is 3.94. The van der Waals surface area contributed by atoms with Crippen LogP contribution in [0.4, 0.5) is 0 Å². The summed E-state index contributed by atoms with van der Waals surface area (Å²) in [6.07, 6.45) is 2.21. The van der Waals surface area contributed by atoms with E-state index in [9.17, 15) is 4.79 Å². The third-order valence-corrected chi connectivity index (χ3v) is 2.63. The number of methoxy groups -OCH3 is 1. The van der Waals surface area contributed by atoms with Crippen LogP contribution in [0, 0.1) is 0 Å². The second kappa shape index (κ2) is 5.33. The predicted octanol–water partition coefficient (Wildman–Crippen LogP) is 1.64. The molecule has 5 nitrogen and oxygen atoms in total. The third-order valence-electron chi connectivity index (χ3n) is 2.43. The lowest BCUT2D eigenvalue weighted by molar-refractivity contribution is 0.107. The highest BCUT2D eigenvalue weighted by Crippen LogP contribution is 2.29. The van der Waals surface area contributed by atoms with Crippen LogP contribution >= 0.6 is 11.6 Å². The van der Waals surface area contributed by atoms with Crippen LogP contribution in [-0.2, 0) is 4.74 Å². The fourth-order valence-electron chi connectivity index (χ4n) is 1.56. The van der Waals surface area contributed by atoms with Gasteiger partial charge in [0.1, 0.15) is 11.8 Å². The smallest absolute Gasteiger partial charge is 0.270 e. The molecule has 0 spiro atoms. The Morgan fingerprint density at radius 3 is 3.00 bits per heavy atom. The zero-order valence-corrected chi connectivity index (χ0v) is 10.1. The van der Waals surface area contributed by atoms with Gasteiger partial charge in [0, 0.05) is 12.5 Å². The fraction of sp³-hybridized carbons (Fsp3) is 0.455. The summed E-state index contributed by atoms with van der Waals surface area (Å²) in [5.41, 5.74) is 0.140. The van der Waals surface area contributed by atoms with Crippen LogP contribution < -0.4 is 9.47 Å². The molecule has 1 aliphatic heterocycles. The van der Waals surface area contributed by atoms with E-state index in [1.165, 1.54) is 19.4 Å². The Labute approximate surface area is 104 Å². The van der Waals surface area contributed by atoms with Gasteiger partial charge in [-0.05, 0) is 11.6 Å². The van der Waals surface area contributed by atoms with Crippen molar-refractivity contribution in [2.24, 2.45) is 0 Å². The zero-order valence-electron chi connectivity index (χ0n) is 9.31. The Hall–Kier alpha value is -1.33. The van der Waals surface area contributed by atoms with Crippen molar-refractivity contribution in [1.82, 2.24) is 4.98 Å². The van der Waals surface area contributed by atoms with Crippen LogP contribution in [0.3, 0.4) is 0 Å². The van der Waals surface area contributed by atoms with Crippen molar-refractivity contribution in [2.75, 3.05) is 20.3 Å². The molecule has 92 valence electrons. The number of hydrogen-bond acceptors (Lipinski definition) is 5. The predicted molar refractivity (Wildman–Crippen MR) is 60.8 cm³/mol. The van der Waals surface area contributed by atoms with Crippen molar-refractivity contribution < 1.29 is 19.0 Å². The van der Waals surface area contributed by atoms with Gasteiger partial charge in [0.05, 0.1) is 26.5 Å². The van der Waals surface area contributed by atoms with Crippen molar-refractivity contribution >= 4 is 16.8 Å². The Morgan fingerprint density at radius 2 is 2.41 bits per heavy atom. The maximum atomic E-state index is 11.0. The maximum Gasteiger partial charge on any atom is 0.270 e. The molecular weight excluding hydrogens is 246 g/mol. The quantitative estimate of drug-likeness (QED) is 0.768. The van der Waals surface area contributed by atoms with Crippen LogP contribution in [0.5, 0.6) is 11.5 Å². The molecule has 0 aliphatic carbocycles.